The van der Waals surface area contributed by atoms with E-state index in [1.807, 2.05) is 86.6 Å². The molecular formula is C31H27N9O. The fraction of sp³-hybridized carbons (Fsp3) is 0.129. The number of para-hydroxylation sites is 1. The van der Waals surface area contributed by atoms with E-state index in [1.54, 1.807) is 17.1 Å². The third kappa shape index (κ3) is 4.08. The number of rotatable bonds is 5. The second-order valence-corrected chi connectivity index (χ2v) is 10.2. The number of fused-ring (bicyclic) bond motifs is 2. The number of anilines is 4. The fourth-order valence-corrected chi connectivity index (χ4v) is 5.48. The van der Waals surface area contributed by atoms with Gasteiger partial charge >= 0.3 is 0 Å². The summed E-state index contributed by atoms with van der Waals surface area (Å²) in [5.41, 5.74) is 14.9. The third-order valence-corrected chi connectivity index (χ3v) is 7.62. The molecule has 4 N–H and O–H groups in total. The number of hydrogen-bond acceptors (Lipinski definition) is 7. The van der Waals surface area contributed by atoms with E-state index in [0.717, 1.165) is 55.8 Å². The number of nitrogens with two attached hydrogens (primary N) is 1. The molecule has 0 fully saturated rings. The Morgan fingerprint density at radius 3 is 2.63 bits per heavy atom. The van der Waals surface area contributed by atoms with Crippen LogP contribution in [0.3, 0.4) is 0 Å². The lowest BCUT2D eigenvalue weighted by molar-refractivity contribution is 0.0997. The summed E-state index contributed by atoms with van der Waals surface area (Å²) < 4.78 is 1.80. The Bertz CT molecular complexity index is 1970. The Kier molecular flexibility index (Phi) is 5.56. The van der Waals surface area contributed by atoms with Crippen LogP contribution in [0.4, 0.5) is 23.3 Å². The van der Waals surface area contributed by atoms with Gasteiger partial charge in [-0.15, -0.1) is 0 Å². The minimum Gasteiger partial charge on any atom is -0.384 e. The number of aromatic nitrogens is 6. The van der Waals surface area contributed by atoms with Gasteiger partial charge in [-0.2, -0.15) is 5.10 Å². The van der Waals surface area contributed by atoms with Crippen LogP contribution < -0.4 is 16.0 Å². The Labute approximate surface area is 235 Å². The lowest BCUT2D eigenvalue weighted by Crippen LogP contribution is -2.23. The quantitative estimate of drug-likeness (QED) is 0.262. The standard InChI is InChI=1S/C31H27N9O/c1-17-14-35-31(36-27-12-18(2)39(3)38-27)37-28(17)23-15-34-29-21(23)7-5-9-25(29)40-16-24-20(6-4-8-22(24)30(40)41)19-10-11-33-26(32)13-19/h4-15,34H,16H2,1-3H3,(H2,32,33)(H,35,36,37,38). The number of benzene rings is 2. The molecule has 202 valence electrons. The maximum atomic E-state index is 13.7. The smallest absolute Gasteiger partial charge is 0.259 e. The van der Waals surface area contributed by atoms with Crippen LogP contribution in [0.25, 0.3) is 33.3 Å². The normalized spacial score (nSPS) is 12.8. The summed E-state index contributed by atoms with van der Waals surface area (Å²) in [5.74, 6) is 1.55. The largest absolute Gasteiger partial charge is 0.384 e. The van der Waals surface area contributed by atoms with E-state index in [-0.39, 0.29) is 5.91 Å². The van der Waals surface area contributed by atoms with Crippen LogP contribution in [0.5, 0.6) is 0 Å². The molecular weight excluding hydrogens is 514 g/mol. The number of aryl methyl sites for hydroxylation is 3. The van der Waals surface area contributed by atoms with Crippen LogP contribution in [0.1, 0.15) is 27.2 Å². The van der Waals surface area contributed by atoms with Gasteiger partial charge in [-0.1, -0.05) is 24.3 Å². The van der Waals surface area contributed by atoms with Crippen molar-refractivity contribution >= 4 is 40.1 Å². The highest BCUT2D eigenvalue weighted by molar-refractivity contribution is 6.15. The number of amides is 1. The maximum absolute atomic E-state index is 13.7. The van der Waals surface area contributed by atoms with E-state index in [1.165, 1.54) is 0 Å². The van der Waals surface area contributed by atoms with Crippen molar-refractivity contribution in [2.24, 2.45) is 7.05 Å². The van der Waals surface area contributed by atoms with Crippen LogP contribution in [0.15, 0.2) is 73.2 Å². The average Bonchev–Trinajstić information content (AvgIpc) is 3.64. The molecule has 0 unspecified atom stereocenters. The predicted octanol–water partition coefficient (Wildman–Crippen LogP) is 5.52. The zero-order chi connectivity index (χ0) is 28.2. The monoisotopic (exact) mass is 541 g/mol. The SMILES string of the molecule is Cc1cnc(Nc2cc(C)n(C)n2)nc1-c1c[nH]c2c(N3Cc4c(cccc4-c4ccnc(N)c4)C3=O)cccc12. The molecule has 0 bridgehead atoms. The minimum absolute atomic E-state index is 0.0390. The minimum atomic E-state index is -0.0390. The van der Waals surface area contributed by atoms with Crippen molar-refractivity contribution in [3.63, 3.8) is 0 Å². The summed E-state index contributed by atoms with van der Waals surface area (Å²) >= 11 is 0. The predicted molar refractivity (Wildman–Crippen MR) is 160 cm³/mol. The van der Waals surface area contributed by atoms with Gasteiger partial charge in [0.1, 0.15) is 5.82 Å². The molecule has 0 saturated carbocycles. The lowest BCUT2D eigenvalue weighted by Gasteiger charge is -2.17. The summed E-state index contributed by atoms with van der Waals surface area (Å²) in [5, 5.41) is 8.63. The van der Waals surface area contributed by atoms with E-state index in [0.29, 0.717) is 29.7 Å². The van der Waals surface area contributed by atoms with Crippen molar-refractivity contribution in [1.29, 1.82) is 0 Å². The second kappa shape index (κ2) is 9.30. The molecule has 1 aliphatic heterocycles. The van der Waals surface area contributed by atoms with Crippen LogP contribution in [-0.4, -0.2) is 35.6 Å². The molecule has 4 aromatic heterocycles. The van der Waals surface area contributed by atoms with Crippen molar-refractivity contribution in [3.05, 3.63) is 95.6 Å². The highest BCUT2D eigenvalue weighted by atomic mass is 16.2. The average molecular weight is 542 g/mol. The van der Waals surface area contributed by atoms with E-state index in [2.05, 4.69) is 25.4 Å². The first-order chi connectivity index (χ1) is 19.9. The first kappa shape index (κ1) is 24.5. The zero-order valence-corrected chi connectivity index (χ0v) is 22.8. The van der Waals surface area contributed by atoms with Crippen molar-refractivity contribution in [2.45, 2.75) is 20.4 Å². The number of carbonyl (C=O) groups excluding carboxylic acids is 1. The lowest BCUT2D eigenvalue weighted by atomic mass is 9.97. The molecule has 10 heteroatoms. The number of carbonyl (C=O) groups is 1. The molecule has 1 aliphatic rings. The first-order valence-corrected chi connectivity index (χ1v) is 13.2. The van der Waals surface area contributed by atoms with Crippen LogP contribution in [0, 0.1) is 13.8 Å². The molecule has 41 heavy (non-hydrogen) atoms. The topological polar surface area (TPSA) is 131 Å². The van der Waals surface area contributed by atoms with Crippen LogP contribution in [-0.2, 0) is 13.6 Å². The number of pyridine rings is 1. The molecule has 0 spiro atoms. The third-order valence-electron chi connectivity index (χ3n) is 7.62. The molecule has 0 atom stereocenters. The van der Waals surface area contributed by atoms with Gasteiger partial charge < -0.3 is 20.9 Å². The Morgan fingerprint density at radius 1 is 1.00 bits per heavy atom. The Balaban J connectivity index is 1.26. The van der Waals surface area contributed by atoms with E-state index < -0.39 is 0 Å². The van der Waals surface area contributed by atoms with Gasteiger partial charge in [0.05, 0.1) is 23.4 Å². The highest BCUT2D eigenvalue weighted by Gasteiger charge is 2.32. The van der Waals surface area contributed by atoms with Gasteiger partial charge in [0.2, 0.25) is 5.95 Å². The first-order valence-electron chi connectivity index (χ1n) is 13.2. The van der Waals surface area contributed by atoms with Crippen LogP contribution in [0.2, 0.25) is 0 Å². The Morgan fingerprint density at radius 2 is 1.83 bits per heavy atom. The van der Waals surface area contributed by atoms with Gasteiger partial charge in [0.15, 0.2) is 5.82 Å². The van der Waals surface area contributed by atoms with Crippen molar-refractivity contribution in [3.8, 4) is 22.4 Å². The number of H-pyrrole nitrogens is 1. The molecule has 1 amide bonds. The van der Waals surface area contributed by atoms with Gasteiger partial charge in [-0.3, -0.25) is 9.48 Å². The van der Waals surface area contributed by atoms with Crippen LogP contribution >= 0.6 is 0 Å². The number of aromatic amines is 1. The van der Waals surface area contributed by atoms with E-state index in [9.17, 15) is 4.79 Å². The summed E-state index contributed by atoms with van der Waals surface area (Å²) in [4.78, 5) is 32.4. The molecule has 5 heterocycles. The molecule has 0 radical (unpaired) electrons. The highest BCUT2D eigenvalue weighted by Crippen LogP contribution is 2.40. The molecule has 0 saturated heterocycles. The molecule has 10 nitrogen and oxygen atoms in total. The summed E-state index contributed by atoms with van der Waals surface area (Å²) in [7, 11) is 1.89. The van der Waals surface area contributed by atoms with Gasteiger partial charge in [0, 0.05) is 53.9 Å². The molecule has 2 aromatic carbocycles. The number of nitrogens with zero attached hydrogens (tertiary/aromatic N) is 6. The summed E-state index contributed by atoms with van der Waals surface area (Å²) in [6.45, 7) is 4.42. The number of nitrogens with one attached hydrogen (secondary N) is 2. The summed E-state index contributed by atoms with van der Waals surface area (Å²) in [6, 6.07) is 17.5. The molecule has 0 aliphatic carbocycles. The zero-order valence-electron chi connectivity index (χ0n) is 22.8. The number of hydrogen-bond donors (Lipinski definition) is 3. The second-order valence-electron chi connectivity index (χ2n) is 10.2. The van der Waals surface area contributed by atoms with Gasteiger partial charge in [-0.05, 0) is 60.4 Å². The summed E-state index contributed by atoms with van der Waals surface area (Å²) in [6.07, 6.45) is 5.43. The molecule has 7 rings (SSSR count). The van der Waals surface area contributed by atoms with Crippen molar-refractivity contribution in [2.75, 3.05) is 16.0 Å². The molecule has 6 aromatic rings. The maximum Gasteiger partial charge on any atom is 0.259 e. The van der Waals surface area contributed by atoms with Gasteiger partial charge in [-0.25, -0.2) is 15.0 Å². The van der Waals surface area contributed by atoms with E-state index in [4.69, 9.17) is 10.7 Å². The van der Waals surface area contributed by atoms with Crippen molar-refractivity contribution in [1.82, 2.24) is 29.7 Å². The van der Waals surface area contributed by atoms with E-state index >= 15 is 0 Å². The van der Waals surface area contributed by atoms with Crippen molar-refractivity contribution < 1.29 is 4.79 Å². The number of nitrogen functional groups attached to an aromatic ring is 1. The fourth-order valence-electron chi connectivity index (χ4n) is 5.48. The Hall–Kier alpha value is -5.51. The van der Waals surface area contributed by atoms with Gasteiger partial charge in [0.25, 0.3) is 5.91 Å².